The van der Waals surface area contributed by atoms with E-state index in [2.05, 4.69) is 5.32 Å². The molecule has 0 bridgehead atoms. The van der Waals surface area contributed by atoms with Crippen LogP contribution in [0.15, 0.2) is 30.3 Å². The van der Waals surface area contributed by atoms with E-state index in [4.69, 9.17) is 28.9 Å². The van der Waals surface area contributed by atoms with Crippen LogP contribution >= 0.6 is 23.2 Å². The summed E-state index contributed by atoms with van der Waals surface area (Å²) in [4.78, 5) is 12.1. The minimum Gasteiger partial charge on any atom is -0.398 e. The summed E-state index contributed by atoms with van der Waals surface area (Å²) in [5, 5.41) is 2.58. The molecule has 0 saturated heterocycles. The SMILES string of the molecule is Cc1ccc(C(=O)Nc2c(Cl)cc(F)cc2Cl)c(N)c1. The average molecular weight is 313 g/mol. The van der Waals surface area contributed by atoms with Gasteiger partial charge in [0, 0.05) is 5.69 Å². The Balaban J connectivity index is 2.33. The Bertz CT molecular complexity index is 666. The highest BCUT2D eigenvalue weighted by Gasteiger charge is 2.15. The van der Waals surface area contributed by atoms with E-state index in [0.717, 1.165) is 17.7 Å². The van der Waals surface area contributed by atoms with Crippen LogP contribution in [-0.4, -0.2) is 5.91 Å². The number of halogens is 3. The molecular formula is C14H11Cl2FN2O. The van der Waals surface area contributed by atoms with Crippen LogP contribution in [0.25, 0.3) is 0 Å². The van der Waals surface area contributed by atoms with Crippen LogP contribution in [0.3, 0.4) is 0 Å². The standard InChI is InChI=1S/C14H11Cl2FN2O/c1-7-2-3-9(12(18)4-7)14(20)19-13-10(15)5-8(17)6-11(13)16/h2-6H,18H2,1H3,(H,19,20). The maximum absolute atomic E-state index is 13.1. The van der Waals surface area contributed by atoms with Gasteiger partial charge in [0.25, 0.3) is 5.91 Å². The van der Waals surface area contributed by atoms with Crippen molar-refractivity contribution in [2.75, 3.05) is 11.1 Å². The van der Waals surface area contributed by atoms with Gasteiger partial charge in [-0.05, 0) is 36.8 Å². The van der Waals surface area contributed by atoms with Crippen molar-refractivity contribution in [2.45, 2.75) is 6.92 Å². The number of nitrogen functional groups attached to an aromatic ring is 1. The van der Waals surface area contributed by atoms with Gasteiger partial charge in [-0.3, -0.25) is 4.79 Å². The first-order valence-electron chi connectivity index (χ1n) is 5.70. The maximum Gasteiger partial charge on any atom is 0.257 e. The summed E-state index contributed by atoms with van der Waals surface area (Å²) in [5.41, 5.74) is 7.53. The molecule has 2 rings (SSSR count). The normalized spacial score (nSPS) is 10.4. The number of carbonyl (C=O) groups is 1. The highest BCUT2D eigenvalue weighted by Crippen LogP contribution is 2.32. The maximum atomic E-state index is 13.1. The monoisotopic (exact) mass is 312 g/mol. The molecule has 0 fully saturated rings. The Kier molecular flexibility index (Phi) is 4.16. The second kappa shape index (κ2) is 5.69. The summed E-state index contributed by atoms with van der Waals surface area (Å²) in [5.74, 6) is -1.04. The zero-order valence-corrected chi connectivity index (χ0v) is 12.0. The molecular weight excluding hydrogens is 302 g/mol. The summed E-state index contributed by atoms with van der Waals surface area (Å²) >= 11 is 11.7. The first-order chi connectivity index (χ1) is 9.38. The van der Waals surface area contributed by atoms with Gasteiger partial charge in [-0.15, -0.1) is 0 Å². The Labute approximate surface area is 125 Å². The van der Waals surface area contributed by atoms with Gasteiger partial charge >= 0.3 is 0 Å². The van der Waals surface area contributed by atoms with Crippen LogP contribution in [0.1, 0.15) is 15.9 Å². The Morgan fingerprint density at radius 1 is 1.20 bits per heavy atom. The first kappa shape index (κ1) is 14.6. The molecule has 104 valence electrons. The molecule has 20 heavy (non-hydrogen) atoms. The molecule has 0 radical (unpaired) electrons. The second-order valence-corrected chi connectivity index (χ2v) is 5.10. The molecule has 0 aliphatic carbocycles. The Morgan fingerprint density at radius 2 is 1.80 bits per heavy atom. The lowest BCUT2D eigenvalue weighted by atomic mass is 10.1. The highest BCUT2D eigenvalue weighted by atomic mass is 35.5. The summed E-state index contributed by atoms with van der Waals surface area (Å²) < 4.78 is 13.1. The van der Waals surface area contributed by atoms with Crippen LogP contribution in [0, 0.1) is 12.7 Å². The van der Waals surface area contributed by atoms with E-state index in [-0.39, 0.29) is 15.7 Å². The van der Waals surface area contributed by atoms with Gasteiger partial charge in [0.1, 0.15) is 5.82 Å². The molecule has 6 heteroatoms. The second-order valence-electron chi connectivity index (χ2n) is 4.29. The molecule has 2 aromatic carbocycles. The van der Waals surface area contributed by atoms with Gasteiger partial charge in [-0.25, -0.2) is 4.39 Å². The molecule has 1 amide bonds. The molecule has 0 aliphatic heterocycles. The van der Waals surface area contributed by atoms with Crippen molar-refractivity contribution < 1.29 is 9.18 Å². The number of carbonyl (C=O) groups excluding carboxylic acids is 1. The molecule has 0 atom stereocenters. The predicted molar refractivity (Wildman–Crippen MR) is 80.0 cm³/mol. The number of rotatable bonds is 2. The van der Waals surface area contributed by atoms with Crippen molar-refractivity contribution in [3.05, 3.63) is 57.3 Å². The van der Waals surface area contributed by atoms with E-state index in [1.807, 2.05) is 6.92 Å². The molecule has 3 N–H and O–H groups in total. The fourth-order valence-corrected chi connectivity index (χ4v) is 2.29. The Morgan fingerprint density at radius 3 is 2.35 bits per heavy atom. The fourth-order valence-electron chi connectivity index (χ4n) is 1.73. The molecule has 0 unspecified atom stereocenters. The van der Waals surface area contributed by atoms with Gasteiger partial charge in [-0.2, -0.15) is 0 Å². The van der Waals surface area contributed by atoms with Crippen LogP contribution < -0.4 is 11.1 Å². The largest absolute Gasteiger partial charge is 0.398 e. The van der Waals surface area contributed by atoms with Crippen molar-refractivity contribution in [2.24, 2.45) is 0 Å². The number of anilines is 2. The van der Waals surface area contributed by atoms with Gasteiger partial charge in [-0.1, -0.05) is 29.3 Å². The number of benzene rings is 2. The predicted octanol–water partition coefficient (Wildman–Crippen LogP) is 4.28. The molecule has 0 spiro atoms. The van der Waals surface area contributed by atoms with E-state index < -0.39 is 11.7 Å². The molecule has 0 heterocycles. The highest BCUT2D eigenvalue weighted by molar-refractivity contribution is 6.40. The number of hydrogen-bond donors (Lipinski definition) is 2. The topological polar surface area (TPSA) is 55.1 Å². The van der Waals surface area contributed by atoms with E-state index in [0.29, 0.717) is 11.3 Å². The quantitative estimate of drug-likeness (QED) is 0.813. The van der Waals surface area contributed by atoms with E-state index in [1.165, 1.54) is 0 Å². The van der Waals surface area contributed by atoms with Crippen LogP contribution in [0.5, 0.6) is 0 Å². The fraction of sp³-hybridized carbons (Fsp3) is 0.0714. The van der Waals surface area contributed by atoms with Gasteiger partial charge in [0.05, 0.1) is 21.3 Å². The van der Waals surface area contributed by atoms with Crippen LogP contribution in [0.2, 0.25) is 10.0 Å². The zero-order chi connectivity index (χ0) is 14.9. The number of amides is 1. The van der Waals surface area contributed by atoms with E-state index >= 15 is 0 Å². The van der Waals surface area contributed by atoms with Gasteiger partial charge < -0.3 is 11.1 Å². The lowest BCUT2D eigenvalue weighted by Gasteiger charge is -2.11. The molecule has 0 aliphatic rings. The van der Waals surface area contributed by atoms with E-state index in [9.17, 15) is 9.18 Å². The lowest BCUT2D eigenvalue weighted by Crippen LogP contribution is -2.14. The smallest absolute Gasteiger partial charge is 0.257 e. The molecule has 0 saturated carbocycles. The summed E-state index contributed by atoms with van der Waals surface area (Å²) in [6, 6.07) is 7.19. The summed E-state index contributed by atoms with van der Waals surface area (Å²) in [6.07, 6.45) is 0. The number of hydrogen-bond acceptors (Lipinski definition) is 2. The third-order valence-electron chi connectivity index (χ3n) is 2.70. The van der Waals surface area contributed by atoms with Crippen molar-refractivity contribution in [1.82, 2.24) is 0 Å². The first-order valence-corrected chi connectivity index (χ1v) is 6.46. The van der Waals surface area contributed by atoms with Crippen LogP contribution in [-0.2, 0) is 0 Å². The zero-order valence-electron chi connectivity index (χ0n) is 10.5. The number of nitrogens with one attached hydrogen (secondary N) is 1. The summed E-state index contributed by atoms with van der Waals surface area (Å²) in [6.45, 7) is 1.87. The number of nitrogens with two attached hydrogens (primary N) is 1. The molecule has 0 aromatic heterocycles. The Hall–Kier alpha value is -1.78. The molecule has 3 nitrogen and oxygen atoms in total. The molecule has 2 aromatic rings. The van der Waals surface area contributed by atoms with Gasteiger partial charge in [0.2, 0.25) is 0 Å². The third-order valence-corrected chi connectivity index (χ3v) is 3.29. The van der Waals surface area contributed by atoms with Crippen molar-refractivity contribution in [3.63, 3.8) is 0 Å². The van der Waals surface area contributed by atoms with Gasteiger partial charge in [0.15, 0.2) is 0 Å². The van der Waals surface area contributed by atoms with Crippen molar-refractivity contribution in [1.29, 1.82) is 0 Å². The van der Waals surface area contributed by atoms with Crippen molar-refractivity contribution >= 4 is 40.5 Å². The minimum atomic E-state index is -0.576. The van der Waals surface area contributed by atoms with Crippen molar-refractivity contribution in [3.8, 4) is 0 Å². The minimum absolute atomic E-state index is 0.0223. The number of aryl methyl sites for hydroxylation is 1. The van der Waals surface area contributed by atoms with E-state index in [1.54, 1.807) is 18.2 Å². The average Bonchev–Trinajstić information content (AvgIpc) is 2.33. The third kappa shape index (κ3) is 3.03. The lowest BCUT2D eigenvalue weighted by molar-refractivity contribution is 0.102. The van der Waals surface area contributed by atoms with Crippen LogP contribution in [0.4, 0.5) is 15.8 Å². The summed E-state index contributed by atoms with van der Waals surface area (Å²) in [7, 11) is 0.